The Morgan fingerprint density at radius 1 is 1.12 bits per heavy atom. The van der Waals surface area contributed by atoms with Crippen molar-refractivity contribution in [3.63, 3.8) is 0 Å². The fourth-order valence-corrected chi connectivity index (χ4v) is 4.28. The molecule has 0 spiro atoms. The molecule has 0 radical (unpaired) electrons. The van der Waals surface area contributed by atoms with E-state index in [0.29, 0.717) is 37.5 Å². The Kier molecular flexibility index (Phi) is 6.86. The average Bonchev–Trinajstić information content (AvgIpc) is 3.37. The normalized spacial score (nSPS) is 19.4. The molecule has 2 aromatic carbocycles. The van der Waals surface area contributed by atoms with Gasteiger partial charge in [-0.25, -0.2) is 4.79 Å². The number of H-pyrrole nitrogens is 1. The van der Waals surface area contributed by atoms with E-state index in [-0.39, 0.29) is 11.3 Å². The molecule has 1 saturated heterocycles. The standard InChI is InChI=1S/C26H29N5O3/c1-4-26(3)15-20(14-24(33)34-5-2)31(23(32)16-26)17-18-10-12-19(13-11-18)21-8-6-7-9-22(21)25-27-29-30-28-25/h6-14H,4-5,15-17H2,1-3H3,(H,27,28,29,30). The lowest BCUT2D eigenvalue weighted by molar-refractivity contribution is -0.137. The van der Waals surface area contributed by atoms with Gasteiger partial charge in [0.25, 0.3) is 0 Å². The lowest BCUT2D eigenvalue weighted by Gasteiger charge is -2.40. The van der Waals surface area contributed by atoms with E-state index in [9.17, 15) is 9.59 Å². The number of benzene rings is 2. The Balaban J connectivity index is 1.59. The molecule has 8 heteroatoms. The molecular weight excluding hydrogens is 430 g/mol. The molecule has 1 aromatic heterocycles. The summed E-state index contributed by atoms with van der Waals surface area (Å²) in [5, 5.41) is 14.4. The van der Waals surface area contributed by atoms with E-state index >= 15 is 0 Å². The van der Waals surface area contributed by atoms with Crippen LogP contribution in [0.2, 0.25) is 0 Å². The average molecular weight is 460 g/mol. The number of carbonyl (C=O) groups is 2. The van der Waals surface area contributed by atoms with Gasteiger partial charge in [0.1, 0.15) is 0 Å². The summed E-state index contributed by atoms with van der Waals surface area (Å²) in [7, 11) is 0. The summed E-state index contributed by atoms with van der Waals surface area (Å²) in [5.74, 6) is 0.146. The number of amides is 1. The van der Waals surface area contributed by atoms with Gasteiger partial charge in [-0.2, -0.15) is 5.21 Å². The van der Waals surface area contributed by atoms with Gasteiger partial charge in [0, 0.05) is 23.8 Å². The molecule has 1 atom stereocenters. The first-order chi connectivity index (χ1) is 16.4. The van der Waals surface area contributed by atoms with Crippen molar-refractivity contribution in [2.45, 2.75) is 46.6 Å². The van der Waals surface area contributed by atoms with Crippen molar-refractivity contribution in [1.82, 2.24) is 25.5 Å². The number of rotatable bonds is 7. The highest BCUT2D eigenvalue weighted by atomic mass is 16.5. The lowest BCUT2D eigenvalue weighted by Crippen LogP contribution is -2.41. The molecule has 1 fully saturated rings. The van der Waals surface area contributed by atoms with Gasteiger partial charge in [-0.05, 0) is 47.1 Å². The van der Waals surface area contributed by atoms with Crippen molar-refractivity contribution in [2.75, 3.05) is 6.61 Å². The molecule has 1 aliphatic heterocycles. The zero-order valence-electron chi connectivity index (χ0n) is 19.7. The van der Waals surface area contributed by atoms with E-state index in [1.807, 2.05) is 48.5 Å². The quantitative estimate of drug-likeness (QED) is 0.412. The summed E-state index contributed by atoms with van der Waals surface area (Å²) in [6.45, 7) is 6.65. The molecule has 0 aliphatic carbocycles. The molecule has 0 bridgehead atoms. The van der Waals surface area contributed by atoms with Crippen molar-refractivity contribution in [3.05, 3.63) is 65.9 Å². The van der Waals surface area contributed by atoms with Crippen LogP contribution in [0.15, 0.2) is 60.3 Å². The van der Waals surface area contributed by atoms with Crippen LogP contribution in [0, 0.1) is 5.41 Å². The summed E-state index contributed by atoms with van der Waals surface area (Å²) in [4.78, 5) is 27.0. The minimum atomic E-state index is -0.413. The highest BCUT2D eigenvalue weighted by molar-refractivity contribution is 5.86. The summed E-state index contributed by atoms with van der Waals surface area (Å²) in [6, 6.07) is 15.9. The smallest absolute Gasteiger partial charge is 0.332 e. The maximum absolute atomic E-state index is 13.1. The number of hydrogen-bond acceptors (Lipinski definition) is 6. The first kappa shape index (κ1) is 23.4. The second-order valence-electron chi connectivity index (χ2n) is 8.86. The number of nitrogens with one attached hydrogen (secondary N) is 1. The van der Waals surface area contributed by atoms with Crippen LogP contribution >= 0.6 is 0 Å². The second-order valence-corrected chi connectivity index (χ2v) is 8.86. The Morgan fingerprint density at radius 2 is 1.85 bits per heavy atom. The van der Waals surface area contributed by atoms with Crippen molar-refractivity contribution in [2.24, 2.45) is 5.41 Å². The monoisotopic (exact) mass is 459 g/mol. The van der Waals surface area contributed by atoms with Crippen LogP contribution in [0.4, 0.5) is 0 Å². The third-order valence-electron chi connectivity index (χ3n) is 6.38. The van der Waals surface area contributed by atoms with Crippen molar-refractivity contribution in [1.29, 1.82) is 0 Å². The predicted molar refractivity (Wildman–Crippen MR) is 128 cm³/mol. The third-order valence-corrected chi connectivity index (χ3v) is 6.38. The lowest BCUT2D eigenvalue weighted by atomic mass is 9.76. The van der Waals surface area contributed by atoms with Crippen LogP contribution in [0.1, 0.15) is 45.6 Å². The van der Waals surface area contributed by atoms with Gasteiger partial charge in [0.2, 0.25) is 11.7 Å². The molecule has 1 amide bonds. The van der Waals surface area contributed by atoms with Crippen LogP contribution in [-0.2, 0) is 20.9 Å². The van der Waals surface area contributed by atoms with Crippen molar-refractivity contribution in [3.8, 4) is 22.5 Å². The molecule has 1 aliphatic rings. The first-order valence-corrected chi connectivity index (χ1v) is 11.5. The molecule has 0 saturated carbocycles. The fraction of sp³-hybridized carbons (Fsp3) is 0.346. The highest BCUT2D eigenvalue weighted by Gasteiger charge is 2.37. The number of carbonyl (C=O) groups excluding carboxylic acids is 2. The Bertz CT molecular complexity index is 1190. The Morgan fingerprint density at radius 3 is 2.50 bits per heavy atom. The SMILES string of the molecule is CCOC(=O)C=C1CC(C)(CC)CC(=O)N1Cc1ccc(-c2ccccc2-c2nn[nH]n2)cc1. The van der Waals surface area contributed by atoms with Gasteiger partial charge >= 0.3 is 5.97 Å². The predicted octanol–water partition coefficient (Wildman–Crippen LogP) is 4.52. The van der Waals surface area contributed by atoms with Crippen LogP contribution in [0.3, 0.4) is 0 Å². The Labute approximate surface area is 199 Å². The number of esters is 1. The third kappa shape index (κ3) is 5.06. The highest BCUT2D eigenvalue weighted by Crippen LogP contribution is 2.40. The molecule has 8 nitrogen and oxygen atoms in total. The summed E-state index contributed by atoms with van der Waals surface area (Å²) in [5.41, 5.74) is 4.42. The van der Waals surface area contributed by atoms with Gasteiger partial charge in [-0.1, -0.05) is 62.4 Å². The largest absolute Gasteiger partial charge is 0.463 e. The molecule has 1 N–H and O–H groups in total. The molecule has 34 heavy (non-hydrogen) atoms. The van der Waals surface area contributed by atoms with Gasteiger partial charge in [-0.3, -0.25) is 4.79 Å². The topological polar surface area (TPSA) is 101 Å². The van der Waals surface area contributed by atoms with E-state index in [1.165, 1.54) is 6.08 Å². The number of aromatic nitrogens is 4. The zero-order valence-corrected chi connectivity index (χ0v) is 19.7. The first-order valence-electron chi connectivity index (χ1n) is 11.5. The second kappa shape index (κ2) is 9.99. The molecular formula is C26H29N5O3. The van der Waals surface area contributed by atoms with Crippen molar-refractivity contribution >= 4 is 11.9 Å². The van der Waals surface area contributed by atoms with Gasteiger partial charge < -0.3 is 9.64 Å². The maximum Gasteiger partial charge on any atom is 0.332 e. The van der Waals surface area contributed by atoms with Crippen LogP contribution in [0.5, 0.6) is 0 Å². The van der Waals surface area contributed by atoms with E-state index < -0.39 is 5.97 Å². The number of hydrogen-bond donors (Lipinski definition) is 1. The number of nitrogens with zero attached hydrogens (tertiary/aromatic N) is 4. The van der Waals surface area contributed by atoms with Crippen LogP contribution < -0.4 is 0 Å². The molecule has 3 aromatic rings. The fourth-order valence-electron chi connectivity index (χ4n) is 4.28. The van der Waals surface area contributed by atoms with Gasteiger partial charge in [0.15, 0.2) is 0 Å². The number of piperidine rings is 1. The molecule has 2 heterocycles. The van der Waals surface area contributed by atoms with Gasteiger partial charge in [-0.15, -0.1) is 10.2 Å². The minimum Gasteiger partial charge on any atom is -0.463 e. The van der Waals surface area contributed by atoms with Crippen molar-refractivity contribution < 1.29 is 14.3 Å². The number of likely N-dealkylation sites (tertiary alicyclic amines) is 1. The number of ether oxygens (including phenoxy) is 1. The van der Waals surface area contributed by atoms with E-state index in [0.717, 1.165) is 28.7 Å². The molecule has 4 rings (SSSR count). The van der Waals surface area contributed by atoms with Gasteiger partial charge in [0.05, 0.1) is 13.2 Å². The van der Waals surface area contributed by atoms with E-state index in [4.69, 9.17) is 4.74 Å². The summed E-state index contributed by atoms with van der Waals surface area (Å²) in [6.07, 6.45) is 3.45. The van der Waals surface area contributed by atoms with Crippen LogP contribution in [0.25, 0.3) is 22.5 Å². The van der Waals surface area contributed by atoms with E-state index in [1.54, 1.807) is 11.8 Å². The molecule has 1 unspecified atom stereocenters. The zero-order chi connectivity index (χ0) is 24.1. The van der Waals surface area contributed by atoms with Crippen LogP contribution in [-0.4, -0.2) is 44.0 Å². The Hall–Kier alpha value is -3.81. The molecule has 176 valence electrons. The summed E-state index contributed by atoms with van der Waals surface area (Å²) >= 11 is 0. The van der Waals surface area contributed by atoms with E-state index in [2.05, 4.69) is 34.5 Å². The maximum atomic E-state index is 13.1. The number of tetrazole rings is 1. The minimum absolute atomic E-state index is 0.0256. The number of allylic oxidation sites excluding steroid dienone is 1. The number of aromatic amines is 1. The summed E-state index contributed by atoms with van der Waals surface area (Å²) < 4.78 is 5.12.